The van der Waals surface area contributed by atoms with Gasteiger partial charge in [0, 0.05) is 12.1 Å². The first kappa shape index (κ1) is 11.4. The fourth-order valence-electron chi connectivity index (χ4n) is 1.51. The first-order valence-corrected chi connectivity index (χ1v) is 5.75. The third-order valence-corrected chi connectivity index (χ3v) is 2.59. The summed E-state index contributed by atoms with van der Waals surface area (Å²) >= 11 is 0. The Bertz CT molecular complexity index is 467. The maximum absolute atomic E-state index is 11.1. The molecule has 2 nitrogen and oxygen atoms in total. The average molecular weight is 225 g/mol. The van der Waals surface area contributed by atoms with Crippen LogP contribution in [0.2, 0.25) is 0 Å². The summed E-state index contributed by atoms with van der Waals surface area (Å²) in [7, 11) is 0. The van der Waals surface area contributed by atoms with Gasteiger partial charge in [0.1, 0.15) is 0 Å². The molecule has 0 bridgehead atoms. The van der Waals surface area contributed by atoms with Gasteiger partial charge in [0.15, 0.2) is 0 Å². The molecule has 1 aromatic rings. The third kappa shape index (κ3) is 2.72. The number of nitrogens with one attached hydrogen (secondary N) is 1. The smallest absolute Gasteiger partial charge is 0.251 e. The molecule has 17 heavy (non-hydrogen) atoms. The molecule has 2 aliphatic carbocycles. The van der Waals surface area contributed by atoms with E-state index in [1.54, 1.807) is 12.1 Å². The largest absolute Gasteiger partial charge is 0.352 e. The van der Waals surface area contributed by atoms with E-state index in [1.165, 1.54) is 11.1 Å². The maximum Gasteiger partial charge on any atom is 0.251 e. The van der Waals surface area contributed by atoms with E-state index in [2.05, 4.69) is 29.6 Å². The normalized spacial score (nSPS) is 9.94. The number of hydrogen-bond donors (Lipinski definition) is 1. The van der Waals surface area contributed by atoms with Gasteiger partial charge in [-0.3, -0.25) is 4.79 Å². The van der Waals surface area contributed by atoms with Gasteiger partial charge in [0.2, 0.25) is 0 Å². The van der Waals surface area contributed by atoms with Crippen molar-refractivity contribution >= 4 is 5.91 Å². The van der Waals surface area contributed by atoms with Crippen molar-refractivity contribution in [2.24, 2.45) is 0 Å². The van der Waals surface area contributed by atoms with Gasteiger partial charge in [-0.05, 0) is 30.2 Å². The van der Waals surface area contributed by atoms with E-state index >= 15 is 0 Å². The second kappa shape index (κ2) is 5.30. The van der Waals surface area contributed by atoms with E-state index in [4.69, 9.17) is 0 Å². The minimum atomic E-state index is -0.00639. The number of hydrogen-bond acceptors (Lipinski definition) is 1. The molecule has 1 N–H and O–H groups in total. The lowest BCUT2D eigenvalue weighted by Crippen LogP contribution is -2.22. The summed E-state index contributed by atoms with van der Waals surface area (Å²) in [5.41, 5.74) is 3.57. The fourth-order valence-corrected chi connectivity index (χ4v) is 1.51. The summed E-state index contributed by atoms with van der Waals surface area (Å²) < 4.78 is 0. The highest BCUT2D eigenvalue weighted by Gasteiger charge is 2.04. The summed E-state index contributed by atoms with van der Waals surface area (Å²) in [4.78, 5) is 11.1. The van der Waals surface area contributed by atoms with E-state index in [9.17, 15) is 4.79 Å². The lowest BCUT2D eigenvalue weighted by atomic mass is 9.95. The molecule has 0 heterocycles. The second-order valence-corrected chi connectivity index (χ2v) is 3.80. The van der Waals surface area contributed by atoms with Crippen LogP contribution in [0, 0.1) is 0 Å². The van der Waals surface area contributed by atoms with Crippen molar-refractivity contribution in [1.29, 1.82) is 0 Å². The quantitative estimate of drug-likeness (QED) is 0.713. The molecule has 86 valence electrons. The molecule has 0 saturated heterocycles. The Labute approximate surface area is 101 Å². The van der Waals surface area contributed by atoms with Crippen LogP contribution in [-0.4, -0.2) is 12.5 Å². The molecule has 0 atom stereocenters. The highest BCUT2D eigenvalue weighted by atomic mass is 16.1. The van der Waals surface area contributed by atoms with E-state index in [-0.39, 0.29) is 5.91 Å². The molecule has 3 rings (SSSR count). The van der Waals surface area contributed by atoms with Crippen molar-refractivity contribution in [2.45, 2.75) is 6.92 Å². The van der Waals surface area contributed by atoms with Crippen molar-refractivity contribution in [3.05, 3.63) is 60.2 Å². The van der Waals surface area contributed by atoms with Crippen LogP contribution in [0.25, 0.3) is 11.1 Å². The van der Waals surface area contributed by atoms with Gasteiger partial charge in [0.25, 0.3) is 5.91 Å². The lowest BCUT2D eigenvalue weighted by Gasteiger charge is -2.10. The lowest BCUT2D eigenvalue weighted by molar-refractivity contribution is 0.0956. The molecule has 0 aliphatic heterocycles. The van der Waals surface area contributed by atoms with Crippen molar-refractivity contribution in [3.8, 4) is 11.1 Å². The zero-order chi connectivity index (χ0) is 12.1. The van der Waals surface area contributed by atoms with Crippen LogP contribution in [0.3, 0.4) is 0 Å². The Morgan fingerprint density at radius 3 is 1.82 bits per heavy atom. The Morgan fingerprint density at radius 2 is 1.47 bits per heavy atom. The van der Waals surface area contributed by atoms with Gasteiger partial charge >= 0.3 is 0 Å². The molecule has 0 unspecified atom stereocenters. The summed E-state index contributed by atoms with van der Waals surface area (Å²) in [5, 5.41) is 2.72. The Hall–Kier alpha value is -2.09. The Kier molecular flexibility index (Phi) is 3.55. The fraction of sp³-hybridized carbons (Fsp3) is 0.133. The summed E-state index contributed by atoms with van der Waals surface area (Å²) in [6, 6.07) is 17.7. The number of carbonyl (C=O) groups excluding carboxylic acids is 1. The molecule has 0 radical (unpaired) electrons. The Morgan fingerprint density at radius 1 is 0.941 bits per heavy atom. The minimum absolute atomic E-state index is 0.00639. The number of benzene rings is 2. The summed E-state index contributed by atoms with van der Waals surface area (Å²) in [6.45, 7) is 2.58. The van der Waals surface area contributed by atoms with E-state index < -0.39 is 0 Å². The average Bonchev–Trinajstić information content (AvgIpc) is 2.36. The maximum atomic E-state index is 11.1. The van der Waals surface area contributed by atoms with Crippen molar-refractivity contribution in [1.82, 2.24) is 5.32 Å². The topological polar surface area (TPSA) is 29.1 Å². The van der Waals surface area contributed by atoms with Gasteiger partial charge in [-0.1, -0.05) is 42.5 Å². The van der Waals surface area contributed by atoms with Gasteiger partial charge in [-0.2, -0.15) is 0 Å². The van der Waals surface area contributed by atoms with Crippen LogP contribution in [0.15, 0.2) is 54.6 Å². The molecule has 1 aromatic carbocycles. The highest BCUT2D eigenvalue weighted by Crippen LogP contribution is 2.29. The predicted octanol–water partition coefficient (Wildman–Crippen LogP) is 3.10. The summed E-state index contributed by atoms with van der Waals surface area (Å²) in [6.07, 6.45) is 0. The molecule has 0 aromatic heterocycles. The molecular formula is C15H15NO. The number of amides is 1. The molecule has 2 heteroatoms. The second-order valence-electron chi connectivity index (χ2n) is 3.80. The number of carbonyl (C=O) groups is 1. The van der Waals surface area contributed by atoms with Gasteiger partial charge in [-0.25, -0.2) is 0 Å². The van der Waals surface area contributed by atoms with E-state index in [0.29, 0.717) is 12.1 Å². The van der Waals surface area contributed by atoms with Crippen LogP contribution in [0.4, 0.5) is 0 Å². The van der Waals surface area contributed by atoms with Crippen molar-refractivity contribution in [3.63, 3.8) is 0 Å². The standard InChI is InChI=1S/C9H11NO.C6H4/c1-2-10-9(11)8-6-4-3-5-7-8;1-2-6-4-3-5(1)6/h3-7H,2H2,1H3,(H,10,11);1-4H. The monoisotopic (exact) mass is 225 g/mol. The zero-order valence-corrected chi connectivity index (χ0v) is 9.81. The van der Waals surface area contributed by atoms with Crippen LogP contribution >= 0.6 is 0 Å². The molecule has 0 saturated carbocycles. The van der Waals surface area contributed by atoms with E-state index in [0.717, 1.165) is 0 Å². The molecule has 2 aliphatic rings. The van der Waals surface area contributed by atoms with Gasteiger partial charge in [0.05, 0.1) is 0 Å². The predicted molar refractivity (Wildman–Crippen MR) is 69.9 cm³/mol. The van der Waals surface area contributed by atoms with Crippen LogP contribution < -0.4 is 5.32 Å². The molecule has 0 spiro atoms. The first-order valence-electron chi connectivity index (χ1n) is 5.75. The highest BCUT2D eigenvalue weighted by molar-refractivity contribution is 5.94. The number of rotatable bonds is 2. The van der Waals surface area contributed by atoms with Crippen LogP contribution in [-0.2, 0) is 0 Å². The minimum Gasteiger partial charge on any atom is -0.352 e. The van der Waals surface area contributed by atoms with Crippen molar-refractivity contribution < 1.29 is 4.79 Å². The zero-order valence-electron chi connectivity index (χ0n) is 9.81. The SMILES string of the molecule is CCNC(=O)c1ccccc1.c1cc2ccc1-2. The molecule has 1 amide bonds. The van der Waals surface area contributed by atoms with Crippen LogP contribution in [0.1, 0.15) is 17.3 Å². The third-order valence-electron chi connectivity index (χ3n) is 2.59. The summed E-state index contributed by atoms with van der Waals surface area (Å²) in [5.74, 6) is -0.00639. The van der Waals surface area contributed by atoms with E-state index in [1.807, 2.05) is 25.1 Å². The first-order chi connectivity index (χ1) is 8.31. The van der Waals surface area contributed by atoms with Crippen molar-refractivity contribution in [2.75, 3.05) is 6.54 Å². The van der Waals surface area contributed by atoms with Crippen LogP contribution in [0.5, 0.6) is 0 Å². The molecular weight excluding hydrogens is 210 g/mol. The van der Waals surface area contributed by atoms with Gasteiger partial charge in [-0.15, -0.1) is 0 Å². The molecule has 0 fully saturated rings. The number of fused-ring (bicyclic) bond motifs is 1. The Balaban J connectivity index is 0.000000148. The van der Waals surface area contributed by atoms with Gasteiger partial charge < -0.3 is 5.32 Å².